The molecule has 0 saturated heterocycles. The van der Waals surface area contributed by atoms with Crippen molar-refractivity contribution in [1.82, 2.24) is 10.3 Å². The summed E-state index contributed by atoms with van der Waals surface area (Å²) < 4.78 is 8.05. The van der Waals surface area contributed by atoms with Crippen molar-refractivity contribution in [3.05, 3.63) is 22.5 Å². The third kappa shape index (κ3) is 3.33. The Hall–Kier alpha value is -1.66. The molecule has 0 bridgehead atoms. The Bertz CT molecular complexity index is 834. The lowest BCUT2D eigenvalue weighted by molar-refractivity contribution is -0.123. The predicted octanol–water partition coefficient (Wildman–Crippen LogP) is 4.50. The third-order valence-electron chi connectivity index (χ3n) is 3.88. The van der Waals surface area contributed by atoms with E-state index in [2.05, 4.69) is 24.1 Å². The van der Waals surface area contributed by atoms with Gasteiger partial charge < -0.3 is 10.1 Å². The molecule has 3 rings (SSSR count). The van der Waals surface area contributed by atoms with E-state index in [9.17, 15) is 4.79 Å². The summed E-state index contributed by atoms with van der Waals surface area (Å²) in [4.78, 5) is 16.6. The van der Waals surface area contributed by atoms with Gasteiger partial charge in [0, 0.05) is 17.5 Å². The molecule has 0 saturated carbocycles. The van der Waals surface area contributed by atoms with Crippen LogP contribution in [0.25, 0.3) is 20.3 Å². The number of thiazole rings is 1. The van der Waals surface area contributed by atoms with Crippen molar-refractivity contribution in [2.75, 3.05) is 6.61 Å². The smallest absolute Gasteiger partial charge is 0.258 e. The summed E-state index contributed by atoms with van der Waals surface area (Å²) in [6.07, 6.45) is 1.87. The van der Waals surface area contributed by atoms with Gasteiger partial charge in [-0.25, -0.2) is 4.98 Å². The van der Waals surface area contributed by atoms with Crippen molar-refractivity contribution in [2.24, 2.45) is 0 Å². The van der Waals surface area contributed by atoms with Gasteiger partial charge in [-0.1, -0.05) is 13.8 Å². The minimum atomic E-state index is -0.0670. The van der Waals surface area contributed by atoms with Crippen molar-refractivity contribution < 1.29 is 9.53 Å². The SMILES string of the molecule is CCC(CC)NC(=O)COc1cc2sc(C)nc2c2sccc12. The molecule has 23 heavy (non-hydrogen) atoms. The molecule has 0 aliphatic carbocycles. The van der Waals surface area contributed by atoms with Gasteiger partial charge in [-0.2, -0.15) is 0 Å². The summed E-state index contributed by atoms with van der Waals surface area (Å²) in [5, 5.41) is 7.11. The van der Waals surface area contributed by atoms with Gasteiger partial charge in [0.1, 0.15) is 5.75 Å². The number of nitrogens with one attached hydrogen (secondary N) is 1. The molecule has 4 nitrogen and oxygen atoms in total. The summed E-state index contributed by atoms with van der Waals surface area (Å²) in [5.41, 5.74) is 1.03. The van der Waals surface area contributed by atoms with E-state index in [0.29, 0.717) is 0 Å². The van der Waals surface area contributed by atoms with Gasteiger partial charge >= 0.3 is 0 Å². The molecule has 0 spiro atoms. The quantitative estimate of drug-likeness (QED) is 0.713. The summed E-state index contributed by atoms with van der Waals surface area (Å²) in [6, 6.07) is 4.25. The number of hydrogen-bond acceptors (Lipinski definition) is 5. The number of nitrogens with zero attached hydrogens (tertiary/aromatic N) is 1. The van der Waals surface area contributed by atoms with Gasteiger partial charge in [0.15, 0.2) is 6.61 Å². The molecule has 0 fully saturated rings. The van der Waals surface area contributed by atoms with E-state index < -0.39 is 0 Å². The lowest BCUT2D eigenvalue weighted by atomic mass is 10.2. The highest BCUT2D eigenvalue weighted by Gasteiger charge is 2.14. The van der Waals surface area contributed by atoms with Crippen molar-refractivity contribution >= 4 is 48.9 Å². The second kappa shape index (κ2) is 6.84. The second-order valence-corrected chi connectivity index (χ2v) is 7.64. The number of ether oxygens (including phenoxy) is 1. The van der Waals surface area contributed by atoms with E-state index in [1.807, 2.05) is 24.4 Å². The highest BCUT2D eigenvalue weighted by atomic mass is 32.1. The Labute approximate surface area is 143 Å². The molecule has 2 heterocycles. The highest BCUT2D eigenvalue weighted by molar-refractivity contribution is 7.21. The molecule has 6 heteroatoms. The van der Waals surface area contributed by atoms with Crippen LogP contribution in [0.3, 0.4) is 0 Å². The van der Waals surface area contributed by atoms with Gasteiger partial charge in [-0.05, 0) is 31.2 Å². The summed E-state index contributed by atoms with van der Waals surface area (Å²) in [7, 11) is 0. The number of carbonyl (C=O) groups excluding carboxylic acids is 1. The van der Waals surface area contributed by atoms with Crippen LogP contribution in [0.15, 0.2) is 17.5 Å². The van der Waals surface area contributed by atoms with Crippen molar-refractivity contribution in [3.8, 4) is 5.75 Å². The number of fused-ring (bicyclic) bond motifs is 3. The maximum Gasteiger partial charge on any atom is 0.258 e. The maximum absolute atomic E-state index is 12.0. The number of aromatic nitrogens is 1. The van der Waals surface area contributed by atoms with Crippen LogP contribution < -0.4 is 10.1 Å². The summed E-state index contributed by atoms with van der Waals surface area (Å²) >= 11 is 3.31. The van der Waals surface area contributed by atoms with Crippen LogP contribution in [-0.2, 0) is 4.79 Å². The first-order valence-corrected chi connectivity index (χ1v) is 9.51. The van der Waals surface area contributed by atoms with Crippen molar-refractivity contribution in [2.45, 2.75) is 39.7 Å². The number of hydrogen-bond donors (Lipinski definition) is 1. The molecule has 0 aliphatic rings. The van der Waals surface area contributed by atoms with Crippen LogP contribution in [0.5, 0.6) is 5.75 Å². The molecule has 1 aromatic carbocycles. The van der Waals surface area contributed by atoms with Crippen LogP contribution in [0.1, 0.15) is 31.7 Å². The summed E-state index contributed by atoms with van der Waals surface area (Å²) in [6.45, 7) is 6.20. The van der Waals surface area contributed by atoms with Crippen LogP contribution in [0.2, 0.25) is 0 Å². The first-order chi connectivity index (χ1) is 11.1. The largest absolute Gasteiger partial charge is 0.483 e. The number of carbonyl (C=O) groups is 1. The van der Waals surface area contributed by atoms with Gasteiger partial charge in [-0.3, -0.25) is 4.79 Å². The van der Waals surface area contributed by atoms with Gasteiger partial charge in [0.25, 0.3) is 5.91 Å². The lowest BCUT2D eigenvalue weighted by Crippen LogP contribution is -2.37. The standard InChI is InChI=1S/C17H20N2O2S2/c1-4-11(5-2)19-15(20)9-21-13-8-14-16(18-10(3)23-14)17-12(13)6-7-22-17/h6-8,11H,4-5,9H2,1-3H3,(H,19,20). The number of rotatable bonds is 6. The summed E-state index contributed by atoms with van der Waals surface area (Å²) in [5.74, 6) is 0.694. The molecule has 0 radical (unpaired) electrons. The molecule has 0 aliphatic heterocycles. The molecular formula is C17H20N2O2S2. The fourth-order valence-corrected chi connectivity index (χ4v) is 4.44. The second-order valence-electron chi connectivity index (χ2n) is 5.49. The Morgan fingerprint density at radius 2 is 2.17 bits per heavy atom. The van der Waals surface area contributed by atoms with Crippen LogP contribution in [0, 0.1) is 6.92 Å². The Kier molecular flexibility index (Phi) is 4.82. The average Bonchev–Trinajstić information content (AvgIpc) is 3.15. The average molecular weight is 348 g/mol. The van der Waals surface area contributed by atoms with E-state index in [4.69, 9.17) is 4.74 Å². The maximum atomic E-state index is 12.0. The molecule has 0 atom stereocenters. The molecule has 122 valence electrons. The minimum Gasteiger partial charge on any atom is -0.483 e. The zero-order valence-corrected chi connectivity index (χ0v) is 15.1. The Morgan fingerprint density at radius 3 is 2.91 bits per heavy atom. The molecule has 0 unspecified atom stereocenters. The van der Waals surface area contributed by atoms with Crippen molar-refractivity contribution in [1.29, 1.82) is 0 Å². The Balaban J connectivity index is 1.82. The number of aryl methyl sites for hydroxylation is 1. The molecule has 3 aromatic rings. The van der Waals surface area contributed by atoms with Gasteiger partial charge in [0.05, 0.1) is 19.9 Å². The van der Waals surface area contributed by atoms with Gasteiger partial charge in [-0.15, -0.1) is 22.7 Å². The van der Waals surface area contributed by atoms with E-state index >= 15 is 0 Å². The zero-order chi connectivity index (χ0) is 16.4. The Morgan fingerprint density at radius 1 is 1.39 bits per heavy atom. The van der Waals surface area contributed by atoms with E-state index in [1.165, 1.54) is 0 Å². The van der Waals surface area contributed by atoms with E-state index in [1.54, 1.807) is 22.7 Å². The minimum absolute atomic E-state index is 0.0464. The first-order valence-electron chi connectivity index (χ1n) is 7.81. The molecule has 1 amide bonds. The fraction of sp³-hybridized carbons (Fsp3) is 0.412. The monoisotopic (exact) mass is 348 g/mol. The topological polar surface area (TPSA) is 51.2 Å². The van der Waals surface area contributed by atoms with E-state index in [0.717, 1.165) is 43.9 Å². The van der Waals surface area contributed by atoms with Gasteiger partial charge in [0.2, 0.25) is 0 Å². The van der Waals surface area contributed by atoms with E-state index in [-0.39, 0.29) is 18.6 Å². The van der Waals surface area contributed by atoms with Crippen LogP contribution in [-0.4, -0.2) is 23.5 Å². The van der Waals surface area contributed by atoms with Crippen LogP contribution in [0.4, 0.5) is 0 Å². The fourth-order valence-electron chi connectivity index (χ4n) is 2.61. The normalized spacial score (nSPS) is 11.5. The number of benzene rings is 1. The zero-order valence-electron chi connectivity index (χ0n) is 13.5. The third-order valence-corrected chi connectivity index (χ3v) is 5.72. The predicted molar refractivity (Wildman–Crippen MR) is 97.7 cm³/mol. The van der Waals surface area contributed by atoms with Crippen molar-refractivity contribution in [3.63, 3.8) is 0 Å². The lowest BCUT2D eigenvalue weighted by Gasteiger charge is -2.15. The molecular weight excluding hydrogens is 328 g/mol. The number of amides is 1. The first kappa shape index (κ1) is 16.2. The van der Waals surface area contributed by atoms with Crippen LogP contribution >= 0.6 is 22.7 Å². The molecule has 2 aromatic heterocycles. The number of thiophene rings is 1. The molecule has 1 N–H and O–H groups in total. The highest BCUT2D eigenvalue weighted by Crippen LogP contribution is 2.38.